The summed E-state index contributed by atoms with van der Waals surface area (Å²) in [5.41, 5.74) is 2.89. The molecule has 0 saturated carbocycles. The third-order valence-electron chi connectivity index (χ3n) is 4.92. The van der Waals surface area contributed by atoms with Gasteiger partial charge in [-0.2, -0.15) is 0 Å². The third kappa shape index (κ3) is 5.76. The van der Waals surface area contributed by atoms with Crippen molar-refractivity contribution in [2.24, 2.45) is 13.0 Å². The van der Waals surface area contributed by atoms with Crippen LogP contribution in [0.2, 0.25) is 0 Å². The van der Waals surface area contributed by atoms with Gasteiger partial charge >= 0.3 is 0 Å². The highest BCUT2D eigenvalue weighted by atomic mass is 16.2. The second-order valence-corrected chi connectivity index (χ2v) is 6.96. The van der Waals surface area contributed by atoms with Crippen LogP contribution in [-0.4, -0.2) is 20.7 Å². The van der Waals surface area contributed by atoms with Crippen LogP contribution in [-0.2, 0) is 20.0 Å². The van der Waals surface area contributed by atoms with Crippen LogP contribution < -0.4 is 4.90 Å². The molecule has 1 unspecified atom stereocenters. The molecule has 0 bridgehead atoms. The van der Waals surface area contributed by atoms with E-state index in [1.165, 1.54) is 6.42 Å². The van der Waals surface area contributed by atoms with Crippen molar-refractivity contribution in [3.63, 3.8) is 0 Å². The van der Waals surface area contributed by atoms with Gasteiger partial charge in [0.15, 0.2) is 0 Å². The van der Waals surface area contributed by atoms with Crippen molar-refractivity contribution in [2.75, 3.05) is 4.90 Å². The van der Waals surface area contributed by atoms with Crippen LogP contribution in [0, 0.1) is 5.92 Å². The number of hydrogen-bond acceptors (Lipinski definition) is 3. The minimum Gasteiger partial charge on any atom is -0.321 e. The number of aromatic nitrogens is 3. The highest BCUT2D eigenvalue weighted by Crippen LogP contribution is 2.27. The largest absolute Gasteiger partial charge is 0.321 e. The lowest BCUT2D eigenvalue weighted by Crippen LogP contribution is -2.22. The lowest BCUT2D eigenvalue weighted by atomic mass is 10.1. The van der Waals surface area contributed by atoms with Gasteiger partial charge in [-0.1, -0.05) is 70.5 Å². The molecule has 2 aromatic carbocycles. The molecule has 1 aliphatic heterocycles. The zero-order chi connectivity index (χ0) is 21.2. The molecule has 3 aromatic rings. The van der Waals surface area contributed by atoms with Crippen molar-refractivity contribution in [1.29, 1.82) is 0 Å². The Labute approximate surface area is 174 Å². The Balaban J connectivity index is 0.000000203. The molecule has 0 fully saturated rings. The molecule has 0 spiro atoms. The highest BCUT2D eigenvalue weighted by molar-refractivity contribution is 6.09. The molecule has 4 rings (SSSR count). The van der Waals surface area contributed by atoms with Gasteiger partial charge in [0.2, 0.25) is 0 Å². The van der Waals surface area contributed by atoms with Crippen LogP contribution in [0.5, 0.6) is 0 Å². The molecule has 5 nitrogen and oxygen atoms in total. The normalized spacial score (nSPS) is 13.0. The number of amides is 1. The van der Waals surface area contributed by atoms with Crippen molar-refractivity contribution < 1.29 is 4.79 Å². The SMILES string of the molecule is CC.CCC(C)Cc1nncn1C.O=C1c2ccccc2CN1c1ccccc1. The van der Waals surface area contributed by atoms with Crippen molar-refractivity contribution in [1.82, 2.24) is 14.8 Å². The Morgan fingerprint density at radius 1 is 1.03 bits per heavy atom. The molecule has 29 heavy (non-hydrogen) atoms. The summed E-state index contributed by atoms with van der Waals surface area (Å²) in [6.45, 7) is 9.11. The summed E-state index contributed by atoms with van der Waals surface area (Å²) in [5.74, 6) is 1.89. The summed E-state index contributed by atoms with van der Waals surface area (Å²) < 4.78 is 1.98. The second kappa shape index (κ2) is 11.1. The molecule has 0 N–H and O–H groups in total. The fourth-order valence-corrected chi connectivity index (χ4v) is 3.02. The Bertz CT molecular complexity index is 889. The molecular weight excluding hydrogens is 360 g/mol. The van der Waals surface area contributed by atoms with E-state index in [1.807, 2.05) is 85.0 Å². The average Bonchev–Trinajstić information content (AvgIpc) is 3.33. The van der Waals surface area contributed by atoms with Crippen molar-refractivity contribution in [3.8, 4) is 0 Å². The van der Waals surface area contributed by atoms with Crippen LogP contribution in [0.15, 0.2) is 60.9 Å². The molecule has 1 atom stereocenters. The van der Waals surface area contributed by atoms with Gasteiger partial charge in [0.1, 0.15) is 12.2 Å². The summed E-state index contributed by atoms with van der Waals surface area (Å²) in [5, 5.41) is 7.84. The average molecular weight is 393 g/mol. The molecule has 0 aliphatic carbocycles. The summed E-state index contributed by atoms with van der Waals surface area (Å²) in [4.78, 5) is 13.9. The number of hydrogen-bond donors (Lipinski definition) is 0. The molecule has 154 valence electrons. The highest BCUT2D eigenvalue weighted by Gasteiger charge is 2.27. The van der Waals surface area contributed by atoms with E-state index in [1.54, 1.807) is 6.33 Å². The number of benzene rings is 2. The number of fused-ring (bicyclic) bond motifs is 1. The van der Waals surface area contributed by atoms with E-state index in [9.17, 15) is 4.79 Å². The molecular formula is C24H32N4O. The first kappa shape index (κ1) is 22.3. The first-order valence-electron chi connectivity index (χ1n) is 10.4. The summed E-state index contributed by atoms with van der Waals surface area (Å²) >= 11 is 0. The number of nitrogens with zero attached hydrogens (tertiary/aromatic N) is 4. The Hall–Kier alpha value is -2.95. The minimum absolute atomic E-state index is 0.0989. The van der Waals surface area contributed by atoms with Crippen LogP contribution in [0.1, 0.15) is 55.9 Å². The van der Waals surface area contributed by atoms with Crippen LogP contribution in [0.25, 0.3) is 0 Å². The Morgan fingerprint density at radius 2 is 1.69 bits per heavy atom. The topological polar surface area (TPSA) is 51.0 Å². The van der Waals surface area contributed by atoms with Crippen molar-refractivity contribution in [3.05, 3.63) is 77.9 Å². The maximum atomic E-state index is 12.1. The Morgan fingerprint density at radius 3 is 2.28 bits per heavy atom. The van der Waals surface area contributed by atoms with Gasteiger partial charge in [-0.25, -0.2) is 0 Å². The van der Waals surface area contributed by atoms with E-state index in [-0.39, 0.29) is 5.91 Å². The van der Waals surface area contributed by atoms with E-state index in [2.05, 4.69) is 24.0 Å². The molecule has 2 heterocycles. The number of aryl methyl sites for hydroxylation is 1. The van der Waals surface area contributed by atoms with E-state index < -0.39 is 0 Å². The summed E-state index contributed by atoms with van der Waals surface area (Å²) in [7, 11) is 1.98. The zero-order valence-electron chi connectivity index (χ0n) is 18.2. The van der Waals surface area contributed by atoms with Gasteiger partial charge < -0.3 is 9.47 Å². The van der Waals surface area contributed by atoms with Crippen LogP contribution in [0.3, 0.4) is 0 Å². The molecule has 1 aromatic heterocycles. The minimum atomic E-state index is 0.0989. The lowest BCUT2D eigenvalue weighted by Gasteiger charge is -2.15. The maximum Gasteiger partial charge on any atom is 0.258 e. The summed E-state index contributed by atoms with van der Waals surface area (Å²) in [6, 6.07) is 17.6. The molecule has 1 aliphatic rings. The van der Waals surface area contributed by atoms with Crippen molar-refractivity contribution >= 4 is 11.6 Å². The smallest absolute Gasteiger partial charge is 0.258 e. The molecule has 0 radical (unpaired) electrons. The number of carbonyl (C=O) groups is 1. The predicted molar refractivity (Wildman–Crippen MR) is 119 cm³/mol. The molecule has 1 amide bonds. The standard InChI is InChI=1S/C14H11NO.C8H15N3.C2H6/c16-14-13-9-5-4-6-11(13)10-15(14)12-7-2-1-3-8-12;1-4-7(2)5-8-10-9-6-11(8)3;1-2/h1-9H,10H2;6-7H,4-5H2,1-3H3;1-2H3. The Kier molecular flexibility index (Phi) is 8.59. The maximum absolute atomic E-state index is 12.1. The van der Waals surface area contributed by atoms with Gasteiger partial charge in [-0.05, 0) is 29.7 Å². The molecule has 0 saturated heterocycles. The fourth-order valence-electron chi connectivity index (χ4n) is 3.02. The van der Waals surface area contributed by atoms with E-state index in [0.29, 0.717) is 12.5 Å². The number of anilines is 1. The lowest BCUT2D eigenvalue weighted by molar-refractivity contribution is 0.0996. The van der Waals surface area contributed by atoms with Gasteiger partial charge in [0, 0.05) is 24.7 Å². The third-order valence-corrected chi connectivity index (χ3v) is 4.92. The van der Waals surface area contributed by atoms with Gasteiger partial charge in [-0.3, -0.25) is 4.79 Å². The summed E-state index contributed by atoms with van der Waals surface area (Å²) in [6.07, 6.45) is 3.98. The second-order valence-electron chi connectivity index (χ2n) is 6.96. The van der Waals surface area contributed by atoms with Gasteiger partial charge in [-0.15, -0.1) is 10.2 Å². The monoisotopic (exact) mass is 392 g/mol. The van der Waals surface area contributed by atoms with Crippen LogP contribution in [0.4, 0.5) is 5.69 Å². The van der Waals surface area contributed by atoms with Crippen LogP contribution >= 0.6 is 0 Å². The van der Waals surface area contributed by atoms with Gasteiger partial charge in [0.25, 0.3) is 5.91 Å². The van der Waals surface area contributed by atoms with E-state index in [4.69, 9.17) is 0 Å². The first-order valence-corrected chi connectivity index (χ1v) is 10.4. The number of carbonyl (C=O) groups excluding carboxylic acids is 1. The predicted octanol–water partition coefficient (Wildman–Crippen LogP) is 5.28. The number of rotatable bonds is 4. The van der Waals surface area contributed by atoms with E-state index in [0.717, 1.165) is 29.1 Å². The number of para-hydroxylation sites is 1. The fraction of sp³-hybridized carbons (Fsp3) is 0.375. The first-order chi connectivity index (χ1) is 14.1. The zero-order valence-corrected chi connectivity index (χ0v) is 18.2. The van der Waals surface area contributed by atoms with E-state index >= 15 is 0 Å². The van der Waals surface area contributed by atoms with Gasteiger partial charge in [0.05, 0.1) is 6.54 Å². The van der Waals surface area contributed by atoms with Crippen molar-refractivity contribution in [2.45, 2.75) is 47.1 Å². The molecule has 5 heteroatoms. The quantitative estimate of drug-likeness (QED) is 0.607.